The highest BCUT2D eigenvalue weighted by Gasteiger charge is 2.33. The molecule has 1 aliphatic carbocycles. The van der Waals surface area contributed by atoms with Gasteiger partial charge in [-0.05, 0) is 78.1 Å². The summed E-state index contributed by atoms with van der Waals surface area (Å²) in [6.45, 7) is 8.28. The average molecular weight is 468 g/mol. The molecule has 1 saturated heterocycles. The van der Waals surface area contributed by atoms with Crippen molar-refractivity contribution in [3.05, 3.63) is 77.2 Å². The number of hydrogen-bond acceptors (Lipinski definition) is 6. The Morgan fingerprint density at radius 1 is 0.914 bits per heavy atom. The van der Waals surface area contributed by atoms with E-state index in [4.69, 9.17) is 0 Å². The van der Waals surface area contributed by atoms with Gasteiger partial charge in [0.2, 0.25) is 0 Å². The zero-order chi connectivity index (χ0) is 23.8. The lowest BCUT2D eigenvalue weighted by Crippen LogP contribution is -2.48. The van der Waals surface area contributed by atoms with Crippen LogP contribution in [0.2, 0.25) is 0 Å². The van der Waals surface area contributed by atoms with Crippen molar-refractivity contribution in [2.45, 2.75) is 51.6 Å². The van der Waals surface area contributed by atoms with Crippen LogP contribution in [0.1, 0.15) is 60.3 Å². The number of aryl methyl sites for hydroxylation is 2. The predicted octanol–water partition coefficient (Wildman–Crippen LogP) is 4.86. The normalized spacial score (nSPS) is 18.4. The number of pyridine rings is 1. The number of benzene rings is 2. The SMILES string of the molecule is Cc1ccc(C)c(N2CCN([C@H](c3ccc4ncccc4c3)c3nnnn3C3CCCC3)CC2)c1. The number of piperazine rings is 1. The Labute approximate surface area is 206 Å². The van der Waals surface area contributed by atoms with E-state index in [1.807, 2.05) is 12.3 Å². The van der Waals surface area contributed by atoms with Gasteiger partial charge in [-0.15, -0.1) is 5.10 Å². The van der Waals surface area contributed by atoms with Crippen molar-refractivity contribution in [2.75, 3.05) is 31.1 Å². The summed E-state index contributed by atoms with van der Waals surface area (Å²) in [4.78, 5) is 9.62. The molecule has 4 aromatic rings. The van der Waals surface area contributed by atoms with E-state index in [1.54, 1.807) is 0 Å². The zero-order valence-electron chi connectivity index (χ0n) is 20.6. The second kappa shape index (κ2) is 9.38. The molecular weight excluding hydrogens is 434 g/mol. The molecule has 0 bridgehead atoms. The highest BCUT2D eigenvalue weighted by Crippen LogP contribution is 2.35. The monoisotopic (exact) mass is 467 g/mol. The Hall–Kier alpha value is -3.32. The number of fused-ring (bicyclic) bond motifs is 1. The molecule has 1 aliphatic heterocycles. The van der Waals surface area contributed by atoms with Crippen LogP contribution in [0, 0.1) is 13.8 Å². The third kappa shape index (κ3) is 4.29. The molecule has 1 atom stereocenters. The van der Waals surface area contributed by atoms with E-state index in [1.165, 1.54) is 35.2 Å². The number of rotatable bonds is 5. The van der Waals surface area contributed by atoms with Crippen LogP contribution in [0.3, 0.4) is 0 Å². The smallest absolute Gasteiger partial charge is 0.173 e. The van der Waals surface area contributed by atoms with Crippen LogP contribution in [0.4, 0.5) is 5.69 Å². The van der Waals surface area contributed by atoms with Gasteiger partial charge in [0.15, 0.2) is 5.82 Å². The van der Waals surface area contributed by atoms with E-state index in [0.717, 1.165) is 55.7 Å². The van der Waals surface area contributed by atoms with E-state index in [0.29, 0.717) is 6.04 Å². The van der Waals surface area contributed by atoms with Gasteiger partial charge in [-0.1, -0.05) is 37.1 Å². The Morgan fingerprint density at radius 3 is 2.57 bits per heavy atom. The van der Waals surface area contributed by atoms with Gasteiger partial charge in [0, 0.05) is 43.4 Å². The molecule has 35 heavy (non-hydrogen) atoms. The highest BCUT2D eigenvalue weighted by molar-refractivity contribution is 5.79. The molecule has 0 radical (unpaired) electrons. The minimum Gasteiger partial charge on any atom is -0.369 e. The summed E-state index contributed by atoms with van der Waals surface area (Å²) in [6.07, 6.45) is 6.68. The second-order valence-electron chi connectivity index (χ2n) is 10.1. The minimum atomic E-state index is 0.0240. The Kier molecular flexibility index (Phi) is 5.94. The second-order valence-corrected chi connectivity index (χ2v) is 10.1. The van der Waals surface area contributed by atoms with Gasteiger partial charge in [-0.2, -0.15) is 0 Å². The van der Waals surface area contributed by atoms with Gasteiger partial charge in [-0.3, -0.25) is 9.88 Å². The largest absolute Gasteiger partial charge is 0.369 e. The molecule has 2 aliphatic rings. The standard InChI is InChI=1S/C28H33N7/c1-20-9-10-21(2)26(18-20)33-14-16-34(17-15-33)27(23-11-12-25-22(19-23)6-5-13-29-25)28-30-31-32-35(28)24-7-3-4-8-24/h5-6,9-13,18-19,24,27H,3-4,7-8,14-17H2,1-2H3/t27-/m1/s1. The lowest BCUT2D eigenvalue weighted by atomic mass is 10.00. The molecular formula is C28H33N7. The summed E-state index contributed by atoms with van der Waals surface area (Å²) in [5.41, 5.74) is 6.26. The molecule has 2 aromatic carbocycles. The lowest BCUT2D eigenvalue weighted by Gasteiger charge is -2.40. The van der Waals surface area contributed by atoms with Crippen molar-refractivity contribution in [1.82, 2.24) is 30.1 Å². The maximum Gasteiger partial charge on any atom is 0.173 e. The molecule has 0 amide bonds. The first kappa shape index (κ1) is 22.2. The average Bonchev–Trinajstić information content (AvgIpc) is 3.59. The fourth-order valence-corrected chi connectivity index (χ4v) is 5.86. The molecule has 2 aromatic heterocycles. The third-order valence-corrected chi connectivity index (χ3v) is 7.76. The number of tetrazole rings is 1. The Morgan fingerprint density at radius 2 is 1.74 bits per heavy atom. The minimum absolute atomic E-state index is 0.0240. The molecule has 3 heterocycles. The van der Waals surface area contributed by atoms with E-state index in [2.05, 4.69) is 91.3 Å². The fourth-order valence-electron chi connectivity index (χ4n) is 5.86. The Bertz CT molecular complexity index is 1320. The molecule has 180 valence electrons. The highest BCUT2D eigenvalue weighted by atomic mass is 15.6. The van der Waals surface area contributed by atoms with Crippen molar-refractivity contribution >= 4 is 16.6 Å². The molecule has 1 saturated carbocycles. The van der Waals surface area contributed by atoms with Gasteiger partial charge < -0.3 is 4.90 Å². The van der Waals surface area contributed by atoms with Crippen LogP contribution in [0.25, 0.3) is 10.9 Å². The van der Waals surface area contributed by atoms with Crippen LogP contribution >= 0.6 is 0 Å². The van der Waals surface area contributed by atoms with Crippen molar-refractivity contribution in [3.63, 3.8) is 0 Å². The molecule has 7 nitrogen and oxygen atoms in total. The van der Waals surface area contributed by atoms with Gasteiger partial charge in [0.05, 0.1) is 17.6 Å². The lowest BCUT2D eigenvalue weighted by molar-refractivity contribution is 0.198. The van der Waals surface area contributed by atoms with E-state index in [9.17, 15) is 0 Å². The van der Waals surface area contributed by atoms with Crippen LogP contribution in [0.15, 0.2) is 54.7 Å². The number of hydrogen-bond donors (Lipinski definition) is 0. The maximum atomic E-state index is 4.63. The van der Waals surface area contributed by atoms with E-state index in [-0.39, 0.29) is 6.04 Å². The molecule has 2 fully saturated rings. The fraction of sp³-hybridized carbons (Fsp3) is 0.429. The number of aromatic nitrogens is 5. The van der Waals surface area contributed by atoms with Crippen LogP contribution in [0.5, 0.6) is 0 Å². The van der Waals surface area contributed by atoms with Gasteiger partial charge in [0.25, 0.3) is 0 Å². The molecule has 7 heteroatoms. The summed E-state index contributed by atoms with van der Waals surface area (Å²) in [5.74, 6) is 0.973. The third-order valence-electron chi connectivity index (χ3n) is 7.76. The summed E-state index contributed by atoms with van der Waals surface area (Å²) >= 11 is 0. The molecule has 6 rings (SSSR count). The van der Waals surface area contributed by atoms with Crippen LogP contribution < -0.4 is 4.90 Å². The summed E-state index contributed by atoms with van der Waals surface area (Å²) < 4.78 is 2.13. The number of nitrogens with zero attached hydrogens (tertiary/aromatic N) is 7. The quantitative estimate of drug-likeness (QED) is 0.418. The van der Waals surface area contributed by atoms with Gasteiger partial charge in [-0.25, -0.2) is 4.68 Å². The van der Waals surface area contributed by atoms with Crippen LogP contribution in [-0.2, 0) is 0 Å². The van der Waals surface area contributed by atoms with Crippen molar-refractivity contribution in [3.8, 4) is 0 Å². The summed E-state index contributed by atoms with van der Waals surface area (Å²) in [6, 6.07) is 17.9. The first-order valence-electron chi connectivity index (χ1n) is 12.9. The Balaban J connectivity index is 1.34. The van der Waals surface area contributed by atoms with E-state index >= 15 is 0 Å². The number of anilines is 1. The van der Waals surface area contributed by atoms with Crippen molar-refractivity contribution < 1.29 is 0 Å². The first-order chi connectivity index (χ1) is 17.2. The zero-order valence-corrected chi connectivity index (χ0v) is 20.6. The first-order valence-corrected chi connectivity index (χ1v) is 12.9. The topological polar surface area (TPSA) is 63.0 Å². The molecule has 0 spiro atoms. The van der Waals surface area contributed by atoms with Gasteiger partial charge in [0.1, 0.15) is 0 Å². The van der Waals surface area contributed by atoms with Crippen molar-refractivity contribution in [1.29, 1.82) is 0 Å². The summed E-state index contributed by atoms with van der Waals surface area (Å²) in [5, 5.41) is 14.4. The maximum absolute atomic E-state index is 4.63. The van der Waals surface area contributed by atoms with Gasteiger partial charge >= 0.3 is 0 Å². The molecule has 0 N–H and O–H groups in total. The predicted molar refractivity (Wildman–Crippen MR) is 139 cm³/mol. The van der Waals surface area contributed by atoms with Crippen LogP contribution in [-0.4, -0.2) is 56.3 Å². The summed E-state index contributed by atoms with van der Waals surface area (Å²) in [7, 11) is 0. The van der Waals surface area contributed by atoms with Crippen molar-refractivity contribution in [2.24, 2.45) is 0 Å². The van der Waals surface area contributed by atoms with E-state index < -0.39 is 0 Å². The molecule has 0 unspecified atom stereocenters.